The molecule has 2 aromatic rings. The van der Waals surface area contributed by atoms with E-state index in [4.69, 9.17) is 0 Å². The summed E-state index contributed by atoms with van der Waals surface area (Å²) < 4.78 is 5.75. The van der Waals surface area contributed by atoms with Crippen molar-refractivity contribution >= 4 is 15.6 Å². The molecule has 0 aliphatic rings. The molecule has 0 fully saturated rings. The first-order chi connectivity index (χ1) is 7.13. The predicted molar refractivity (Wildman–Crippen MR) is 59.0 cm³/mol. The maximum atomic E-state index is 11.9. The fraction of sp³-hybridized carbons (Fsp3) is 0.200. The normalized spacial score (nSPS) is 10.5. The van der Waals surface area contributed by atoms with Crippen molar-refractivity contribution in [3.8, 4) is 5.69 Å². The van der Waals surface area contributed by atoms with Crippen LogP contribution in [0.1, 0.15) is 0 Å². The molecule has 0 saturated heterocycles. The van der Waals surface area contributed by atoms with Crippen LogP contribution in [0.15, 0.2) is 35.1 Å². The molecule has 1 aromatic heterocycles. The molecular formula is C10H11N3OSe. The third-order valence-corrected chi connectivity index (χ3v) is 3.34. The van der Waals surface area contributed by atoms with Gasteiger partial charge in [-0.15, -0.1) is 0 Å². The third kappa shape index (κ3) is 1.54. The van der Waals surface area contributed by atoms with Crippen LogP contribution in [-0.4, -0.2) is 29.5 Å². The first kappa shape index (κ1) is 10.2. The minimum atomic E-state index is -0.0579. The number of rotatable bonds is 1. The molecule has 15 heavy (non-hydrogen) atoms. The van der Waals surface area contributed by atoms with Gasteiger partial charge in [-0.3, -0.25) is 0 Å². The van der Waals surface area contributed by atoms with E-state index < -0.39 is 0 Å². The average molecular weight is 268 g/mol. The van der Waals surface area contributed by atoms with Crippen molar-refractivity contribution in [3.05, 3.63) is 45.1 Å². The Labute approximate surface area is 94.7 Å². The van der Waals surface area contributed by atoms with Gasteiger partial charge in [0.15, 0.2) is 0 Å². The van der Waals surface area contributed by atoms with Crippen LogP contribution >= 0.6 is 0 Å². The molecule has 0 radical (unpaired) electrons. The van der Waals surface area contributed by atoms with Gasteiger partial charge in [0.1, 0.15) is 0 Å². The molecule has 2 rings (SSSR count). The summed E-state index contributed by atoms with van der Waals surface area (Å²) in [6.45, 7) is 0. The van der Waals surface area contributed by atoms with Crippen molar-refractivity contribution in [2.24, 2.45) is 14.1 Å². The van der Waals surface area contributed by atoms with Gasteiger partial charge in [-0.1, -0.05) is 0 Å². The summed E-state index contributed by atoms with van der Waals surface area (Å²) in [6.07, 6.45) is 0. The number of para-hydroxylation sites is 1. The molecule has 78 valence electrons. The molecule has 0 atom stereocenters. The minimum absolute atomic E-state index is 0.0579. The van der Waals surface area contributed by atoms with Gasteiger partial charge in [-0.05, 0) is 0 Å². The van der Waals surface area contributed by atoms with E-state index in [2.05, 4.69) is 15.6 Å². The Kier molecular flexibility index (Phi) is 2.50. The zero-order valence-electron chi connectivity index (χ0n) is 8.54. The van der Waals surface area contributed by atoms with Gasteiger partial charge < -0.3 is 0 Å². The van der Waals surface area contributed by atoms with Crippen molar-refractivity contribution < 1.29 is 0 Å². The van der Waals surface area contributed by atoms with Crippen LogP contribution in [0.3, 0.4) is 0 Å². The Morgan fingerprint density at radius 2 is 1.67 bits per heavy atom. The van der Waals surface area contributed by atoms with Crippen LogP contribution in [-0.2, 0) is 14.1 Å². The number of hydrogen-bond acceptors (Lipinski definition) is 1. The Bertz CT molecular complexity index is 558. The zero-order valence-corrected chi connectivity index (χ0v) is 10.3. The molecule has 0 N–H and O–H groups in total. The van der Waals surface area contributed by atoms with Crippen LogP contribution in [0.4, 0.5) is 0 Å². The molecule has 0 unspecified atom stereocenters. The fourth-order valence-electron chi connectivity index (χ4n) is 1.43. The van der Waals surface area contributed by atoms with Crippen molar-refractivity contribution in [2.75, 3.05) is 0 Å². The Hall–Kier alpha value is -1.32. The second kappa shape index (κ2) is 3.68. The van der Waals surface area contributed by atoms with Gasteiger partial charge in [0, 0.05) is 0 Å². The molecule has 0 aliphatic heterocycles. The van der Waals surface area contributed by atoms with E-state index in [0.29, 0.717) is 0 Å². The Morgan fingerprint density at radius 3 is 2.13 bits per heavy atom. The molecule has 0 bridgehead atoms. The molecular weight excluding hydrogens is 257 g/mol. The summed E-state index contributed by atoms with van der Waals surface area (Å²) in [5.74, 6) is 0. The summed E-state index contributed by atoms with van der Waals surface area (Å²) in [4.78, 5) is 11.9. The molecule has 0 amide bonds. The number of aromatic nitrogens is 3. The number of nitrogens with zero attached hydrogens (tertiary/aromatic N) is 3. The van der Waals surface area contributed by atoms with E-state index in [-0.39, 0.29) is 5.69 Å². The molecule has 1 heterocycles. The van der Waals surface area contributed by atoms with Gasteiger partial charge in [0.25, 0.3) is 0 Å². The molecule has 0 spiro atoms. The summed E-state index contributed by atoms with van der Waals surface area (Å²) in [7, 11) is 3.58. The van der Waals surface area contributed by atoms with Gasteiger partial charge in [-0.25, -0.2) is 0 Å². The molecule has 1 aromatic carbocycles. The quantitative estimate of drug-likeness (QED) is 0.681. The Morgan fingerprint density at radius 1 is 1.07 bits per heavy atom. The fourth-order valence-corrected chi connectivity index (χ4v) is 2.07. The van der Waals surface area contributed by atoms with Gasteiger partial charge >= 0.3 is 94.4 Å². The van der Waals surface area contributed by atoms with E-state index in [9.17, 15) is 4.79 Å². The summed E-state index contributed by atoms with van der Waals surface area (Å²) in [5.41, 5.74) is 0.810. The van der Waals surface area contributed by atoms with Crippen LogP contribution < -0.4 is 5.69 Å². The summed E-state index contributed by atoms with van der Waals surface area (Å²) in [6, 6.07) is 9.56. The predicted octanol–water partition coefficient (Wildman–Crippen LogP) is 0.215. The zero-order chi connectivity index (χ0) is 11.0. The van der Waals surface area contributed by atoms with Crippen molar-refractivity contribution in [2.45, 2.75) is 0 Å². The SMILES string of the molecule is Cn1c(=O)n(-c2ccccc2)c(=[Se])n1C. The number of hydrogen-bond donors (Lipinski definition) is 0. The van der Waals surface area contributed by atoms with Gasteiger partial charge in [-0.2, -0.15) is 0 Å². The molecule has 5 heteroatoms. The molecule has 0 saturated carbocycles. The van der Waals surface area contributed by atoms with Crippen LogP contribution in [0, 0.1) is 4.32 Å². The average Bonchev–Trinajstić information content (AvgIpc) is 2.45. The third-order valence-electron chi connectivity index (χ3n) is 2.40. The second-order valence-electron chi connectivity index (χ2n) is 3.28. The van der Waals surface area contributed by atoms with Crippen LogP contribution in [0.25, 0.3) is 5.69 Å². The monoisotopic (exact) mass is 269 g/mol. The van der Waals surface area contributed by atoms with Crippen LogP contribution in [0.5, 0.6) is 0 Å². The van der Waals surface area contributed by atoms with Crippen molar-refractivity contribution in [1.29, 1.82) is 0 Å². The van der Waals surface area contributed by atoms with E-state index in [1.54, 1.807) is 21.0 Å². The first-order valence-electron chi connectivity index (χ1n) is 4.53. The van der Waals surface area contributed by atoms with E-state index in [0.717, 1.165) is 10.0 Å². The van der Waals surface area contributed by atoms with E-state index >= 15 is 0 Å². The van der Waals surface area contributed by atoms with Gasteiger partial charge in [0.2, 0.25) is 0 Å². The van der Waals surface area contributed by atoms with E-state index in [1.807, 2.05) is 37.4 Å². The summed E-state index contributed by atoms with van der Waals surface area (Å²) in [5, 5.41) is 0. The van der Waals surface area contributed by atoms with Crippen LogP contribution in [0.2, 0.25) is 0 Å². The van der Waals surface area contributed by atoms with Crippen molar-refractivity contribution in [1.82, 2.24) is 13.9 Å². The second-order valence-corrected chi connectivity index (χ2v) is 4.05. The van der Waals surface area contributed by atoms with Gasteiger partial charge in [0.05, 0.1) is 0 Å². The molecule has 0 aliphatic carbocycles. The topological polar surface area (TPSA) is 31.9 Å². The summed E-state index contributed by atoms with van der Waals surface area (Å²) >= 11 is 2.90. The molecule has 4 nitrogen and oxygen atoms in total. The maximum absolute atomic E-state index is 11.9. The van der Waals surface area contributed by atoms with Crippen molar-refractivity contribution in [3.63, 3.8) is 0 Å². The Balaban J connectivity index is 2.81. The number of benzene rings is 1. The first-order valence-corrected chi connectivity index (χ1v) is 5.39. The standard InChI is InChI=1S/C10H11N3OSe/c1-11-9(14)13(10(15)12(11)2)8-6-4-3-5-7-8/h3-7H,1-2H3. The van der Waals surface area contributed by atoms with E-state index in [1.165, 1.54) is 0 Å².